The zero-order valence-electron chi connectivity index (χ0n) is 12.8. The second-order valence-electron chi connectivity index (χ2n) is 5.05. The molecule has 0 aliphatic carbocycles. The number of nitrogens with one attached hydrogen (secondary N) is 2. The molecule has 6 nitrogen and oxygen atoms in total. The number of carbonyl (C=O) groups excluding carboxylic acids is 2. The van der Waals surface area contributed by atoms with Crippen LogP contribution in [-0.2, 0) is 4.79 Å². The Balaban J connectivity index is 2.67. The number of rotatable bonds is 7. The van der Waals surface area contributed by atoms with E-state index < -0.39 is 5.91 Å². The minimum atomic E-state index is -0.543. The molecule has 1 unspecified atom stereocenters. The number of carbonyl (C=O) groups is 2. The molecule has 0 spiro atoms. The normalized spacial score (nSPS) is 11.8. The van der Waals surface area contributed by atoms with Gasteiger partial charge in [-0.25, -0.2) is 4.79 Å². The van der Waals surface area contributed by atoms with Crippen molar-refractivity contribution in [2.24, 2.45) is 5.73 Å². The van der Waals surface area contributed by atoms with Crippen LogP contribution in [0.5, 0.6) is 0 Å². The van der Waals surface area contributed by atoms with E-state index in [1.807, 2.05) is 24.3 Å². The van der Waals surface area contributed by atoms with Crippen LogP contribution >= 0.6 is 0 Å². The fourth-order valence-corrected chi connectivity index (χ4v) is 1.89. The second kappa shape index (κ2) is 8.26. The van der Waals surface area contributed by atoms with Crippen molar-refractivity contribution >= 4 is 17.6 Å². The summed E-state index contributed by atoms with van der Waals surface area (Å²) in [6.07, 6.45) is 1.07. The molecule has 0 aliphatic heterocycles. The molecule has 0 fully saturated rings. The summed E-state index contributed by atoms with van der Waals surface area (Å²) in [5.74, 6) is -0.543. The summed E-state index contributed by atoms with van der Waals surface area (Å²) in [7, 11) is 1.52. The predicted molar refractivity (Wildman–Crippen MR) is 84.0 cm³/mol. The van der Waals surface area contributed by atoms with Crippen LogP contribution in [0.1, 0.15) is 31.9 Å². The molecule has 1 atom stereocenters. The number of nitrogens with zero attached hydrogens (tertiary/aromatic N) is 1. The number of likely N-dealkylation sites (N-methyl/N-ethyl adjacent to an activating group) is 1. The van der Waals surface area contributed by atoms with Gasteiger partial charge in [-0.05, 0) is 37.6 Å². The van der Waals surface area contributed by atoms with Gasteiger partial charge in [0.25, 0.3) is 0 Å². The lowest BCUT2D eigenvalue weighted by Gasteiger charge is -2.18. The fraction of sp³-hybridized carbons (Fsp3) is 0.467. The molecule has 0 aliphatic rings. The molecular weight excluding hydrogens is 268 g/mol. The maximum absolute atomic E-state index is 11.9. The number of anilines is 1. The molecule has 21 heavy (non-hydrogen) atoms. The molecular formula is C15H24N4O2. The highest BCUT2D eigenvalue weighted by atomic mass is 16.2. The Kier molecular flexibility index (Phi) is 6.68. The van der Waals surface area contributed by atoms with Crippen molar-refractivity contribution < 1.29 is 9.59 Å². The van der Waals surface area contributed by atoms with Gasteiger partial charge in [0.15, 0.2) is 0 Å². The fourth-order valence-electron chi connectivity index (χ4n) is 1.89. The van der Waals surface area contributed by atoms with E-state index >= 15 is 0 Å². The van der Waals surface area contributed by atoms with Crippen LogP contribution in [0.4, 0.5) is 10.5 Å². The molecule has 0 heterocycles. The highest BCUT2D eigenvalue weighted by Crippen LogP contribution is 2.17. The van der Waals surface area contributed by atoms with Crippen LogP contribution in [0.2, 0.25) is 0 Å². The van der Waals surface area contributed by atoms with Crippen molar-refractivity contribution in [1.29, 1.82) is 0 Å². The third-order valence-electron chi connectivity index (χ3n) is 3.08. The number of hydrogen-bond acceptors (Lipinski definition) is 3. The average Bonchev–Trinajstić information content (AvgIpc) is 2.44. The summed E-state index contributed by atoms with van der Waals surface area (Å²) in [6.45, 7) is 5.03. The third-order valence-corrected chi connectivity index (χ3v) is 3.08. The van der Waals surface area contributed by atoms with E-state index in [4.69, 9.17) is 5.73 Å². The average molecular weight is 292 g/mol. The van der Waals surface area contributed by atoms with Crippen LogP contribution in [0, 0.1) is 0 Å². The van der Waals surface area contributed by atoms with Crippen molar-refractivity contribution in [2.45, 2.75) is 26.3 Å². The molecule has 1 rings (SSSR count). The van der Waals surface area contributed by atoms with Crippen molar-refractivity contribution in [3.05, 3.63) is 29.8 Å². The Morgan fingerprint density at radius 2 is 2.10 bits per heavy atom. The first kappa shape index (κ1) is 17.0. The Bertz CT molecular complexity index is 490. The monoisotopic (exact) mass is 292 g/mol. The molecule has 0 bridgehead atoms. The van der Waals surface area contributed by atoms with E-state index in [9.17, 15) is 9.59 Å². The van der Waals surface area contributed by atoms with Gasteiger partial charge in [-0.3, -0.25) is 4.79 Å². The number of amides is 3. The number of primary amides is 1. The quantitative estimate of drug-likeness (QED) is 0.714. The van der Waals surface area contributed by atoms with Gasteiger partial charge < -0.3 is 21.3 Å². The van der Waals surface area contributed by atoms with Crippen molar-refractivity contribution in [2.75, 3.05) is 25.5 Å². The minimum Gasteiger partial charge on any atom is -0.368 e. The zero-order chi connectivity index (χ0) is 15.8. The second-order valence-corrected chi connectivity index (χ2v) is 5.05. The first-order valence-corrected chi connectivity index (χ1v) is 7.07. The standard InChI is InChI=1S/C15H24N4O2/c1-4-8-17-11(2)12-6-5-7-13(9-12)18-15(21)19(3)10-14(16)20/h5-7,9,11,17H,4,8,10H2,1-3H3,(H2,16,20)(H,18,21). The number of benzene rings is 1. The first-order chi connectivity index (χ1) is 9.93. The van der Waals surface area contributed by atoms with E-state index in [1.165, 1.54) is 11.9 Å². The predicted octanol–water partition coefficient (Wildman–Crippen LogP) is 1.70. The van der Waals surface area contributed by atoms with Gasteiger partial charge in [-0.2, -0.15) is 0 Å². The lowest BCUT2D eigenvalue weighted by Crippen LogP contribution is -2.38. The summed E-state index contributed by atoms with van der Waals surface area (Å²) < 4.78 is 0. The van der Waals surface area contributed by atoms with Gasteiger partial charge in [0.05, 0.1) is 0 Å². The lowest BCUT2D eigenvalue weighted by atomic mass is 10.1. The lowest BCUT2D eigenvalue weighted by molar-refractivity contribution is -0.118. The molecule has 1 aromatic rings. The smallest absolute Gasteiger partial charge is 0.322 e. The molecule has 4 N–H and O–H groups in total. The van der Waals surface area contributed by atoms with Crippen LogP contribution in [0.3, 0.4) is 0 Å². The maximum Gasteiger partial charge on any atom is 0.322 e. The molecule has 0 radical (unpaired) electrons. The number of hydrogen-bond donors (Lipinski definition) is 3. The van der Waals surface area contributed by atoms with Gasteiger partial charge in [0.1, 0.15) is 6.54 Å². The van der Waals surface area contributed by atoms with Crippen molar-refractivity contribution in [3.8, 4) is 0 Å². The zero-order valence-corrected chi connectivity index (χ0v) is 12.8. The van der Waals surface area contributed by atoms with E-state index in [1.54, 1.807) is 0 Å². The van der Waals surface area contributed by atoms with Crippen molar-refractivity contribution in [1.82, 2.24) is 10.2 Å². The molecule has 3 amide bonds. The minimum absolute atomic E-state index is 0.111. The number of nitrogens with two attached hydrogens (primary N) is 1. The van der Waals surface area contributed by atoms with E-state index in [2.05, 4.69) is 24.5 Å². The Morgan fingerprint density at radius 1 is 1.38 bits per heavy atom. The van der Waals surface area contributed by atoms with Gasteiger partial charge in [0.2, 0.25) is 5.91 Å². The van der Waals surface area contributed by atoms with Crippen LogP contribution < -0.4 is 16.4 Å². The highest BCUT2D eigenvalue weighted by molar-refractivity contribution is 5.91. The van der Waals surface area contributed by atoms with Gasteiger partial charge >= 0.3 is 6.03 Å². The Labute approximate surface area is 125 Å². The molecule has 0 saturated heterocycles. The number of urea groups is 1. The first-order valence-electron chi connectivity index (χ1n) is 7.07. The Hall–Kier alpha value is -2.08. The van der Waals surface area contributed by atoms with E-state index in [-0.39, 0.29) is 18.6 Å². The van der Waals surface area contributed by atoms with Crippen LogP contribution in [0.25, 0.3) is 0 Å². The van der Waals surface area contributed by atoms with Crippen LogP contribution in [-0.4, -0.2) is 37.0 Å². The third kappa shape index (κ3) is 5.83. The highest BCUT2D eigenvalue weighted by Gasteiger charge is 2.12. The maximum atomic E-state index is 11.9. The molecule has 1 aromatic carbocycles. The summed E-state index contributed by atoms with van der Waals surface area (Å²) in [5.41, 5.74) is 6.86. The summed E-state index contributed by atoms with van der Waals surface area (Å²) in [4.78, 5) is 23.9. The molecule has 6 heteroatoms. The largest absolute Gasteiger partial charge is 0.368 e. The Morgan fingerprint density at radius 3 is 2.71 bits per heavy atom. The van der Waals surface area contributed by atoms with E-state index in [0.29, 0.717) is 5.69 Å². The summed E-state index contributed by atoms with van der Waals surface area (Å²) in [6, 6.07) is 7.49. The topological polar surface area (TPSA) is 87.5 Å². The van der Waals surface area contributed by atoms with Crippen LogP contribution in [0.15, 0.2) is 24.3 Å². The van der Waals surface area contributed by atoms with E-state index in [0.717, 1.165) is 18.5 Å². The molecule has 0 aromatic heterocycles. The van der Waals surface area contributed by atoms with Gasteiger partial charge in [-0.15, -0.1) is 0 Å². The van der Waals surface area contributed by atoms with Gasteiger partial charge in [0, 0.05) is 18.8 Å². The van der Waals surface area contributed by atoms with Crippen molar-refractivity contribution in [3.63, 3.8) is 0 Å². The SMILES string of the molecule is CCCNC(C)c1cccc(NC(=O)N(C)CC(N)=O)c1. The summed E-state index contributed by atoms with van der Waals surface area (Å²) in [5, 5.41) is 6.14. The molecule has 116 valence electrons. The summed E-state index contributed by atoms with van der Waals surface area (Å²) >= 11 is 0. The molecule has 0 saturated carbocycles. The van der Waals surface area contributed by atoms with Gasteiger partial charge in [-0.1, -0.05) is 19.1 Å².